The summed E-state index contributed by atoms with van der Waals surface area (Å²) in [5.41, 5.74) is 0. The number of hydrogen-bond acceptors (Lipinski definition) is 2. The van der Waals surface area contributed by atoms with Crippen molar-refractivity contribution in [2.24, 2.45) is 5.92 Å². The van der Waals surface area contributed by atoms with E-state index < -0.39 is 15.9 Å². The van der Waals surface area contributed by atoms with Gasteiger partial charge in [-0.3, -0.25) is 4.79 Å². The lowest BCUT2D eigenvalue weighted by Gasteiger charge is -2.26. The molecule has 1 saturated heterocycles. The largest absolute Gasteiger partial charge is 0.312 e. The fourth-order valence-corrected chi connectivity index (χ4v) is 2.03. The third-order valence-electron chi connectivity index (χ3n) is 1.07. The Hall–Kier alpha value is 0.360. The summed E-state index contributed by atoms with van der Waals surface area (Å²) in [6.07, 6.45) is 0. The van der Waals surface area contributed by atoms with Gasteiger partial charge >= 0.3 is 4.83 Å². The molecule has 0 radical (unpaired) electrons. The van der Waals surface area contributed by atoms with Crippen molar-refractivity contribution in [1.29, 1.82) is 0 Å². The smallest absolute Gasteiger partial charge is 0.287 e. The van der Waals surface area contributed by atoms with Gasteiger partial charge in [0.2, 0.25) is 0 Å². The molecule has 1 atom stereocenters. The van der Waals surface area contributed by atoms with E-state index in [1.807, 2.05) is 0 Å². The van der Waals surface area contributed by atoms with Crippen LogP contribution in [0.4, 0.5) is 8.78 Å². The number of halogens is 3. The van der Waals surface area contributed by atoms with Crippen LogP contribution in [0.3, 0.4) is 0 Å². The van der Waals surface area contributed by atoms with Crippen LogP contribution in [0.15, 0.2) is 0 Å². The predicted octanol–water partition coefficient (Wildman–Crippen LogP) is 1.86. The van der Waals surface area contributed by atoms with Crippen molar-refractivity contribution in [3.63, 3.8) is 0 Å². The monoisotopic (exact) mass is 216 g/mol. The molecule has 1 nitrogen and oxygen atoms in total. The molecular weight excluding hydrogens is 214 g/mol. The Morgan fingerprint density at radius 3 is 2.33 bits per heavy atom. The van der Waals surface area contributed by atoms with Crippen molar-refractivity contribution < 1.29 is 13.6 Å². The van der Waals surface area contributed by atoms with Gasteiger partial charge in [0.05, 0.1) is 0 Å². The molecule has 1 heterocycles. The Kier molecular flexibility index (Phi) is 1.82. The van der Waals surface area contributed by atoms with Crippen LogP contribution in [-0.2, 0) is 4.79 Å². The molecule has 0 amide bonds. The van der Waals surface area contributed by atoms with Crippen LogP contribution in [0.5, 0.6) is 0 Å². The third kappa shape index (κ3) is 1.43. The number of rotatable bonds is 1. The maximum Gasteiger partial charge on any atom is 0.312 e. The second kappa shape index (κ2) is 2.20. The number of thioether (sulfide) groups is 1. The van der Waals surface area contributed by atoms with Crippen LogP contribution in [0.25, 0.3) is 0 Å². The molecule has 1 aliphatic rings. The first kappa shape index (κ1) is 7.47. The predicted molar refractivity (Wildman–Crippen MR) is 34.8 cm³/mol. The van der Waals surface area contributed by atoms with E-state index in [1.165, 1.54) is 0 Å². The van der Waals surface area contributed by atoms with Crippen LogP contribution in [0.2, 0.25) is 0 Å². The summed E-state index contributed by atoms with van der Waals surface area (Å²) in [7, 11) is 0. The van der Waals surface area contributed by atoms with Crippen LogP contribution in [-0.4, -0.2) is 15.7 Å². The van der Waals surface area contributed by atoms with Crippen LogP contribution >= 0.6 is 27.7 Å². The van der Waals surface area contributed by atoms with Crippen molar-refractivity contribution in [3.05, 3.63) is 0 Å². The molecule has 5 heteroatoms. The molecule has 0 aromatic carbocycles. The zero-order valence-electron chi connectivity index (χ0n) is 4.23. The second-order valence-corrected chi connectivity index (χ2v) is 3.81. The van der Waals surface area contributed by atoms with Crippen molar-refractivity contribution in [2.45, 2.75) is 4.83 Å². The highest BCUT2D eigenvalue weighted by atomic mass is 79.9. The van der Waals surface area contributed by atoms with Gasteiger partial charge in [0.1, 0.15) is 5.92 Å². The van der Waals surface area contributed by atoms with Crippen molar-refractivity contribution >= 4 is 32.8 Å². The molecule has 1 unspecified atom stereocenters. The molecule has 0 aromatic heterocycles. The summed E-state index contributed by atoms with van der Waals surface area (Å²) in [6.45, 7) is 0. The zero-order valence-corrected chi connectivity index (χ0v) is 6.64. The maximum atomic E-state index is 12.1. The minimum Gasteiger partial charge on any atom is -0.287 e. The summed E-state index contributed by atoms with van der Waals surface area (Å²) in [5.74, 6) is -0.862. The van der Waals surface area contributed by atoms with E-state index in [0.29, 0.717) is 0 Å². The number of carbonyl (C=O) groups excluding carboxylic acids is 1. The average molecular weight is 217 g/mol. The molecule has 0 aromatic rings. The Balaban J connectivity index is 2.54. The number of carbonyl (C=O) groups is 1. The normalized spacial score (nSPS) is 27.9. The van der Waals surface area contributed by atoms with Gasteiger partial charge in [-0.05, 0) is 15.9 Å². The van der Waals surface area contributed by atoms with E-state index in [1.54, 1.807) is 0 Å². The van der Waals surface area contributed by atoms with Gasteiger partial charge in [-0.25, -0.2) is 0 Å². The Labute approximate surface area is 63.3 Å². The molecular formula is C4H3BrF2OS. The molecule has 0 saturated carbocycles. The Morgan fingerprint density at radius 1 is 1.78 bits per heavy atom. The molecule has 0 aliphatic carbocycles. The SMILES string of the molecule is O=C1SCC1C(F)(F)Br. The number of hydrogen-bond donors (Lipinski definition) is 0. The average Bonchev–Trinajstić information content (AvgIpc) is 1.57. The molecule has 52 valence electrons. The lowest BCUT2D eigenvalue weighted by molar-refractivity contribution is -0.120. The first-order chi connectivity index (χ1) is 4.02. The highest BCUT2D eigenvalue weighted by molar-refractivity contribution is 9.10. The third-order valence-corrected chi connectivity index (χ3v) is 2.69. The summed E-state index contributed by atoms with van der Waals surface area (Å²) >= 11 is 3.07. The summed E-state index contributed by atoms with van der Waals surface area (Å²) < 4.78 is 24.2. The first-order valence-corrected chi connectivity index (χ1v) is 4.03. The van der Waals surface area contributed by atoms with Gasteiger partial charge in [0, 0.05) is 5.75 Å². The van der Waals surface area contributed by atoms with Gasteiger partial charge in [-0.1, -0.05) is 11.8 Å². The number of alkyl halides is 3. The minimum atomic E-state index is -2.99. The first-order valence-electron chi connectivity index (χ1n) is 2.25. The van der Waals surface area contributed by atoms with E-state index in [-0.39, 0.29) is 5.75 Å². The van der Waals surface area contributed by atoms with Crippen LogP contribution < -0.4 is 0 Å². The zero-order chi connectivity index (χ0) is 7.07. The van der Waals surface area contributed by atoms with E-state index in [9.17, 15) is 13.6 Å². The minimum absolute atomic E-state index is 0.233. The van der Waals surface area contributed by atoms with E-state index in [0.717, 1.165) is 11.8 Å². The lowest BCUT2D eigenvalue weighted by atomic mass is 10.2. The Morgan fingerprint density at radius 2 is 2.33 bits per heavy atom. The van der Waals surface area contributed by atoms with Crippen molar-refractivity contribution in [1.82, 2.24) is 0 Å². The fourth-order valence-electron chi connectivity index (χ4n) is 0.463. The van der Waals surface area contributed by atoms with Gasteiger partial charge < -0.3 is 0 Å². The Bertz CT molecular complexity index is 144. The highest BCUT2D eigenvalue weighted by Crippen LogP contribution is 2.42. The van der Waals surface area contributed by atoms with Crippen molar-refractivity contribution in [2.75, 3.05) is 5.75 Å². The quantitative estimate of drug-likeness (QED) is 0.623. The van der Waals surface area contributed by atoms with Crippen LogP contribution in [0, 0.1) is 5.92 Å². The molecule has 1 rings (SSSR count). The van der Waals surface area contributed by atoms with E-state index in [4.69, 9.17) is 0 Å². The summed E-state index contributed by atoms with van der Waals surface area (Å²) in [4.78, 5) is 7.34. The fraction of sp³-hybridized carbons (Fsp3) is 0.750. The van der Waals surface area contributed by atoms with E-state index in [2.05, 4.69) is 15.9 Å². The van der Waals surface area contributed by atoms with Gasteiger partial charge in [-0.2, -0.15) is 8.78 Å². The molecule has 0 spiro atoms. The highest BCUT2D eigenvalue weighted by Gasteiger charge is 2.47. The topological polar surface area (TPSA) is 17.1 Å². The lowest BCUT2D eigenvalue weighted by Crippen LogP contribution is -2.37. The van der Waals surface area contributed by atoms with E-state index >= 15 is 0 Å². The second-order valence-electron chi connectivity index (χ2n) is 1.72. The maximum absolute atomic E-state index is 12.1. The summed E-state index contributed by atoms with van der Waals surface area (Å²) in [6, 6.07) is 0. The van der Waals surface area contributed by atoms with Crippen LogP contribution in [0.1, 0.15) is 0 Å². The molecule has 0 N–H and O–H groups in total. The van der Waals surface area contributed by atoms with Gasteiger partial charge in [-0.15, -0.1) is 0 Å². The molecule has 0 bridgehead atoms. The molecule has 9 heavy (non-hydrogen) atoms. The molecule has 1 aliphatic heterocycles. The van der Waals surface area contributed by atoms with Gasteiger partial charge in [0.15, 0.2) is 5.12 Å². The van der Waals surface area contributed by atoms with Crippen molar-refractivity contribution in [3.8, 4) is 0 Å². The van der Waals surface area contributed by atoms with Gasteiger partial charge in [0.25, 0.3) is 0 Å². The summed E-state index contributed by atoms with van der Waals surface area (Å²) in [5, 5.41) is -0.420. The standard InChI is InChI=1S/C4H3BrF2OS/c5-4(6,7)2-1-9-3(2)8/h2H,1H2. The molecule has 1 fully saturated rings.